The molecule has 0 spiro atoms. The summed E-state index contributed by atoms with van der Waals surface area (Å²) < 4.78 is 1.69. The first-order chi connectivity index (χ1) is 8.60. The highest BCUT2D eigenvalue weighted by Crippen LogP contribution is 2.12. The number of aliphatic hydroxyl groups excluding tert-OH is 1. The number of nitrogens with zero attached hydrogens (tertiary/aromatic N) is 4. The van der Waals surface area contributed by atoms with Crippen molar-refractivity contribution in [3.63, 3.8) is 0 Å². The lowest BCUT2D eigenvalue weighted by molar-refractivity contribution is 0.259. The summed E-state index contributed by atoms with van der Waals surface area (Å²) in [6.45, 7) is 6.21. The van der Waals surface area contributed by atoms with E-state index >= 15 is 0 Å². The topological polar surface area (TPSA) is 75.3 Å². The Morgan fingerprint density at radius 1 is 1.33 bits per heavy atom. The fourth-order valence-corrected chi connectivity index (χ4v) is 1.93. The van der Waals surface area contributed by atoms with Crippen LogP contribution >= 0.6 is 0 Å². The SMILES string of the molecule is Cc1nnc2ccc(N[C@H](CO)CC(C)C)nn12. The summed E-state index contributed by atoms with van der Waals surface area (Å²) in [4.78, 5) is 0. The lowest BCUT2D eigenvalue weighted by Crippen LogP contribution is -2.26. The number of hydrogen-bond donors (Lipinski definition) is 2. The monoisotopic (exact) mass is 249 g/mol. The number of aryl methyl sites for hydroxylation is 1. The van der Waals surface area contributed by atoms with E-state index in [0.717, 1.165) is 23.7 Å². The molecule has 6 nitrogen and oxygen atoms in total. The van der Waals surface area contributed by atoms with Crippen LogP contribution in [0, 0.1) is 12.8 Å². The molecule has 0 amide bonds. The Balaban J connectivity index is 2.17. The Morgan fingerprint density at radius 3 is 2.78 bits per heavy atom. The van der Waals surface area contributed by atoms with Crippen molar-refractivity contribution in [2.45, 2.75) is 33.2 Å². The summed E-state index contributed by atoms with van der Waals surface area (Å²) >= 11 is 0. The summed E-state index contributed by atoms with van der Waals surface area (Å²) in [5.74, 6) is 2.00. The van der Waals surface area contributed by atoms with Gasteiger partial charge in [-0.3, -0.25) is 0 Å². The standard InChI is InChI=1S/C12H19N5O/c1-8(2)6-10(7-18)13-11-4-5-12-15-14-9(3)17(12)16-11/h4-5,8,10,18H,6-7H2,1-3H3,(H,13,16)/t10-/m0/s1. The van der Waals surface area contributed by atoms with Gasteiger partial charge in [-0.2, -0.15) is 4.52 Å². The first-order valence-electron chi connectivity index (χ1n) is 6.16. The van der Waals surface area contributed by atoms with Crippen molar-refractivity contribution in [1.29, 1.82) is 0 Å². The van der Waals surface area contributed by atoms with E-state index in [0.29, 0.717) is 5.92 Å². The van der Waals surface area contributed by atoms with Gasteiger partial charge < -0.3 is 10.4 Å². The maximum atomic E-state index is 9.34. The van der Waals surface area contributed by atoms with Crippen molar-refractivity contribution in [2.24, 2.45) is 5.92 Å². The van der Waals surface area contributed by atoms with Gasteiger partial charge in [-0.1, -0.05) is 13.8 Å². The molecule has 6 heteroatoms. The van der Waals surface area contributed by atoms with Crippen LogP contribution in [0.4, 0.5) is 5.82 Å². The van der Waals surface area contributed by atoms with Gasteiger partial charge in [0.15, 0.2) is 11.5 Å². The minimum atomic E-state index is 0.0201. The van der Waals surface area contributed by atoms with Gasteiger partial charge in [-0.25, -0.2) is 0 Å². The number of aromatic nitrogens is 4. The van der Waals surface area contributed by atoms with Gasteiger partial charge in [0.25, 0.3) is 0 Å². The molecular weight excluding hydrogens is 230 g/mol. The Morgan fingerprint density at radius 2 is 2.11 bits per heavy atom. The van der Waals surface area contributed by atoms with Crippen molar-refractivity contribution in [3.8, 4) is 0 Å². The van der Waals surface area contributed by atoms with E-state index in [9.17, 15) is 5.11 Å². The third-order valence-electron chi connectivity index (χ3n) is 2.75. The lowest BCUT2D eigenvalue weighted by atomic mass is 10.0. The maximum absolute atomic E-state index is 9.34. The van der Waals surface area contributed by atoms with E-state index in [4.69, 9.17) is 0 Å². The molecule has 0 fully saturated rings. The highest BCUT2D eigenvalue weighted by molar-refractivity contribution is 5.44. The molecule has 2 aromatic rings. The average molecular weight is 249 g/mol. The molecule has 1 atom stereocenters. The summed E-state index contributed by atoms with van der Waals surface area (Å²) in [5, 5.41) is 24.9. The van der Waals surface area contributed by atoms with Gasteiger partial charge in [-0.15, -0.1) is 15.3 Å². The second-order valence-corrected chi connectivity index (χ2v) is 4.89. The zero-order valence-corrected chi connectivity index (χ0v) is 11.0. The summed E-state index contributed by atoms with van der Waals surface area (Å²) in [6, 6.07) is 3.73. The van der Waals surface area contributed by atoms with Crippen LogP contribution in [0.25, 0.3) is 5.65 Å². The van der Waals surface area contributed by atoms with Gasteiger partial charge in [-0.05, 0) is 31.4 Å². The zero-order valence-electron chi connectivity index (χ0n) is 11.0. The van der Waals surface area contributed by atoms with Crippen molar-refractivity contribution in [1.82, 2.24) is 19.8 Å². The fraction of sp³-hybridized carbons (Fsp3) is 0.583. The molecule has 2 aromatic heterocycles. The van der Waals surface area contributed by atoms with Crippen LogP contribution < -0.4 is 5.32 Å². The largest absolute Gasteiger partial charge is 0.394 e. The average Bonchev–Trinajstić information content (AvgIpc) is 2.70. The summed E-state index contributed by atoms with van der Waals surface area (Å²) in [7, 11) is 0. The molecule has 2 heterocycles. The number of nitrogens with one attached hydrogen (secondary N) is 1. The van der Waals surface area contributed by atoms with Gasteiger partial charge in [0.05, 0.1) is 12.6 Å². The highest BCUT2D eigenvalue weighted by Gasteiger charge is 2.11. The van der Waals surface area contributed by atoms with Crippen LogP contribution in [0.3, 0.4) is 0 Å². The maximum Gasteiger partial charge on any atom is 0.178 e. The number of anilines is 1. The van der Waals surface area contributed by atoms with E-state index < -0.39 is 0 Å². The predicted octanol–water partition coefficient (Wildman–Crippen LogP) is 1.25. The molecular formula is C12H19N5O. The van der Waals surface area contributed by atoms with E-state index in [2.05, 4.69) is 34.5 Å². The van der Waals surface area contributed by atoms with Crippen LogP contribution in [-0.2, 0) is 0 Å². The minimum Gasteiger partial charge on any atom is -0.394 e. The Kier molecular flexibility index (Phi) is 3.76. The molecule has 0 unspecified atom stereocenters. The highest BCUT2D eigenvalue weighted by atomic mass is 16.3. The molecule has 0 saturated heterocycles. The van der Waals surface area contributed by atoms with Crippen LogP contribution in [0.5, 0.6) is 0 Å². The van der Waals surface area contributed by atoms with Gasteiger partial charge >= 0.3 is 0 Å². The normalized spacial score (nSPS) is 13.2. The van der Waals surface area contributed by atoms with Gasteiger partial charge in [0.1, 0.15) is 5.82 Å². The van der Waals surface area contributed by atoms with Crippen LogP contribution in [0.2, 0.25) is 0 Å². The molecule has 0 saturated carbocycles. The molecule has 0 bridgehead atoms. The van der Waals surface area contributed by atoms with Gasteiger partial charge in [0, 0.05) is 0 Å². The summed E-state index contributed by atoms with van der Waals surface area (Å²) in [5.41, 5.74) is 0.724. The lowest BCUT2D eigenvalue weighted by Gasteiger charge is -2.18. The molecule has 18 heavy (non-hydrogen) atoms. The van der Waals surface area contributed by atoms with E-state index in [1.807, 2.05) is 19.1 Å². The third-order valence-corrected chi connectivity index (χ3v) is 2.75. The molecule has 0 radical (unpaired) electrons. The number of rotatable bonds is 5. The first-order valence-corrected chi connectivity index (χ1v) is 6.16. The van der Waals surface area contributed by atoms with Crippen molar-refractivity contribution < 1.29 is 5.11 Å². The fourth-order valence-electron chi connectivity index (χ4n) is 1.93. The molecule has 0 aliphatic carbocycles. The molecule has 0 aliphatic rings. The minimum absolute atomic E-state index is 0.0201. The molecule has 2 N–H and O–H groups in total. The van der Waals surface area contributed by atoms with Crippen molar-refractivity contribution in [2.75, 3.05) is 11.9 Å². The van der Waals surface area contributed by atoms with Crippen LogP contribution in [-0.4, -0.2) is 37.6 Å². The van der Waals surface area contributed by atoms with E-state index in [1.165, 1.54) is 0 Å². The van der Waals surface area contributed by atoms with Crippen LogP contribution in [0.15, 0.2) is 12.1 Å². The quantitative estimate of drug-likeness (QED) is 0.834. The molecule has 2 rings (SSSR count). The second kappa shape index (κ2) is 5.30. The number of hydrogen-bond acceptors (Lipinski definition) is 5. The van der Waals surface area contributed by atoms with Crippen molar-refractivity contribution >= 4 is 11.5 Å². The zero-order chi connectivity index (χ0) is 13.1. The Hall–Kier alpha value is -1.69. The van der Waals surface area contributed by atoms with E-state index in [1.54, 1.807) is 4.52 Å². The molecule has 98 valence electrons. The van der Waals surface area contributed by atoms with Crippen molar-refractivity contribution in [3.05, 3.63) is 18.0 Å². The Labute approximate surface area is 106 Å². The van der Waals surface area contributed by atoms with Gasteiger partial charge in [0.2, 0.25) is 0 Å². The molecule has 0 aliphatic heterocycles. The Bertz CT molecular complexity index is 522. The summed E-state index contributed by atoms with van der Waals surface area (Å²) in [6.07, 6.45) is 0.900. The van der Waals surface area contributed by atoms with Crippen LogP contribution in [0.1, 0.15) is 26.1 Å². The third kappa shape index (κ3) is 2.76. The number of aliphatic hydroxyl groups is 1. The smallest absolute Gasteiger partial charge is 0.178 e. The first kappa shape index (κ1) is 12.8. The predicted molar refractivity (Wildman–Crippen MR) is 69.5 cm³/mol. The number of fused-ring (bicyclic) bond motifs is 1. The second-order valence-electron chi connectivity index (χ2n) is 4.89. The van der Waals surface area contributed by atoms with E-state index in [-0.39, 0.29) is 12.6 Å². The molecule has 0 aromatic carbocycles.